The van der Waals surface area contributed by atoms with E-state index in [1.807, 2.05) is 24.3 Å². The Morgan fingerprint density at radius 3 is 3.10 bits per heavy atom. The third-order valence-corrected chi connectivity index (χ3v) is 3.34. The maximum Gasteiger partial charge on any atom is 0.227 e. The van der Waals surface area contributed by atoms with Gasteiger partial charge in [-0.15, -0.1) is 0 Å². The first-order valence-corrected chi connectivity index (χ1v) is 6.56. The molecule has 2 heterocycles. The lowest BCUT2D eigenvalue weighted by Gasteiger charge is -2.24. The van der Waals surface area contributed by atoms with E-state index in [0.29, 0.717) is 19.6 Å². The van der Waals surface area contributed by atoms with Gasteiger partial charge in [-0.3, -0.25) is 4.79 Å². The first-order chi connectivity index (χ1) is 9.83. The number of carbonyl (C=O) groups is 1. The molecular formula is C15H15N3O2. The van der Waals surface area contributed by atoms with Gasteiger partial charge in [-0.25, -0.2) is 9.97 Å². The first kappa shape index (κ1) is 12.6. The third kappa shape index (κ3) is 2.77. The van der Waals surface area contributed by atoms with Gasteiger partial charge >= 0.3 is 0 Å². The molecule has 0 aliphatic carbocycles. The number of hydrogen-bond donors (Lipinski definition) is 1. The lowest BCUT2D eigenvalue weighted by atomic mass is 9.96. The quantitative estimate of drug-likeness (QED) is 0.913. The molecule has 5 heteroatoms. The van der Waals surface area contributed by atoms with Crippen molar-refractivity contribution >= 4 is 5.91 Å². The molecule has 1 N–H and O–H groups in total. The van der Waals surface area contributed by atoms with E-state index >= 15 is 0 Å². The zero-order valence-electron chi connectivity index (χ0n) is 11.0. The predicted octanol–water partition coefficient (Wildman–Crippen LogP) is 1.34. The predicted molar refractivity (Wildman–Crippen MR) is 73.0 cm³/mol. The van der Waals surface area contributed by atoms with E-state index in [4.69, 9.17) is 4.74 Å². The number of rotatable bonds is 3. The minimum Gasteiger partial charge on any atom is -0.492 e. The zero-order valence-corrected chi connectivity index (χ0v) is 11.0. The fraction of sp³-hybridized carbons (Fsp3) is 0.267. The van der Waals surface area contributed by atoms with Gasteiger partial charge in [-0.2, -0.15) is 0 Å². The molecule has 1 aromatic heterocycles. The Morgan fingerprint density at radius 1 is 1.35 bits per heavy atom. The number of aromatic nitrogens is 2. The van der Waals surface area contributed by atoms with E-state index in [0.717, 1.165) is 17.0 Å². The largest absolute Gasteiger partial charge is 0.492 e. The second-order valence-corrected chi connectivity index (χ2v) is 4.74. The van der Waals surface area contributed by atoms with Crippen LogP contribution in [0.5, 0.6) is 5.75 Å². The number of hydrogen-bond acceptors (Lipinski definition) is 4. The van der Waals surface area contributed by atoms with Crippen molar-refractivity contribution in [3.05, 3.63) is 54.1 Å². The highest BCUT2D eigenvalue weighted by molar-refractivity contribution is 5.79. The molecule has 0 bridgehead atoms. The summed E-state index contributed by atoms with van der Waals surface area (Å²) in [7, 11) is 0. The average molecular weight is 269 g/mol. The van der Waals surface area contributed by atoms with Crippen molar-refractivity contribution in [3.8, 4) is 5.75 Å². The molecule has 102 valence electrons. The Morgan fingerprint density at radius 2 is 2.25 bits per heavy atom. The number of ether oxygens (including phenoxy) is 1. The Labute approximate surface area is 117 Å². The monoisotopic (exact) mass is 269 g/mol. The molecule has 20 heavy (non-hydrogen) atoms. The molecule has 0 fully saturated rings. The van der Waals surface area contributed by atoms with Crippen LogP contribution in [0.2, 0.25) is 0 Å². The van der Waals surface area contributed by atoms with Gasteiger partial charge in [0.2, 0.25) is 5.91 Å². The van der Waals surface area contributed by atoms with Crippen LogP contribution >= 0.6 is 0 Å². The number of nitrogens with one attached hydrogen (secondary N) is 1. The zero-order chi connectivity index (χ0) is 13.8. The highest BCUT2D eigenvalue weighted by Crippen LogP contribution is 2.26. The molecule has 5 nitrogen and oxygen atoms in total. The van der Waals surface area contributed by atoms with Gasteiger partial charge in [0.05, 0.1) is 18.2 Å². The van der Waals surface area contributed by atoms with E-state index < -0.39 is 0 Å². The molecular weight excluding hydrogens is 254 g/mol. The summed E-state index contributed by atoms with van der Waals surface area (Å²) in [5, 5.41) is 2.89. The molecule has 1 atom stereocenters. The van der Waals surface area contributed by atoms with Crippen molar-refractivity contribution in [1.82, 2.24) is 15.3 Å². The van der Waals surface area contributed by atoms with E-state index in [9.17, 15) is 4.79 Å². The molecule has 0 spiro atoms. The fourth-order valence-corrected chi connectivity index (χ4v) is 2.24. The Hall–Kier alpha value is -2.43. The lowest BCUT2D eigenvalue weighted by Crippen LogP contribution is -2.37. The summed E-state index contributed by atoms with van der Waals surface area (Å²) < 4.78 is 5.62. The second-order valence-electron chi connectivity index (χ2n) is 4.74. The van der Waals surface area contributed by atoms with E-state index in [1.165, 1.54) is 6.33 Å². The average Bonchev–Trinajstić information content (AvgIpc) is 2.53. The van der Waals surface area contributed by atoms with Crippen molar-refractivity contribution in [1.29, 1.82) is 0 Å². The second kappa shape index (κ2) is 5.69. The summed E-state index contributed by atoms with van der Waals surface area (Å²) >= 11 is 0. The molecule has 0 saturated carbocycles. The van der Waals surface area contributed by atoms with Crippen LogP contribution in [0.15, 0.2) is 42.9 Å². The lowest BCUT2D eigenvalue weighted by molar-refractivity contribution is -0.126. The molecule has 0 radical (unpaired) electrons. The van der Waals surface area contributed by atoms with Crippen LogP contribution in [0.3, 0.4) is 0 Å². The Balaban J connectivity index is 1.59. The molecule has 2 aromatic rings. The summed E-state index contributed by atoms with van der Waals surface area (Å²) in [6, 6.07) is 9.62. The van der Waals surface area contributed by atoms with Crippen LogP contribution in [0.25, 0.3) is 0 Å². The number of para-hydroxylation sites is 1. The van der Waals surface area contributed by atoms with E-state index in [2.05, 4.69) is 15.3 Å². The molecule has 0 saturated heterocycles. The SMILES string of the molecule is O=C(NCc1ccncn1)[C@H]1COc2ccccc2C1. The summed E-state index contributed by atoms with van der Waals surface area (Å²) in [5.74, 6) is 0.734. The Kier molecular flexibility index (Phi) is 3.58. The summed E-state index contributed by atoms with van der Waals surface area (Å²) in [5.41, 5.74) is 1.88. The van der Waals surface area contributed by atoms with Gasteiger partial charge in [-0.05, 0) is 24.1 Å². The maximum absolute atomic E-state index is 12.1. The summed E-state index contributed by atoms with van der Waals surface area (Å²) in [6.45, 7) is 0.839. The van der Waals surface area contributed by atoms with E-state index in [-0.39, 0.29) is 11.8 Å². The highest BCUT2D eigenvalue weighted by atomic mass is 16.5. The van der Waals surface area contributed by atoms with Crippen molar-refractivity contribution in [2.24, 2.45) is 5.92 Å². The minimum absolute atomic E-state index is 0.00175. The van der Waals surface area contributed by atoms with Gasteiger partial charge in [0, 0.05) is 6.20 Å². The normalized spacial score (nSPS) is 16.9. The van der Waals surface area contributed by atoms with Crippen LogP contribution in [-0.2, 0) is 17.8 Å². The van der Waals surface area contributed by atoms with Crippen LogP contribution in [0.4, 0.5) is 0 Å². The maximum atomic E-state index is 12.1. The first-order valence-electron chi connectivity index (χ1n) is 6.56. The molecule has 3 rings (SSSR count). The minimum atomic E-state index is -0.147. The van der Waals surface area contributed by atoms with Crippen LogP contribution in [0, 0.1) is 5.92 Å². The fourth-order valence-electron chi connectivity index (χ4n) is 2.24. The van der Waals surface area contributed by atoms with Crippen LogP contribution < -0.4 is 10.1 Å². The van der Waals surface area contributed by atoms with Crippen molar-refractivity contribution in [2.45, 2.75) is 13.0 Å². The van der Waals surface area contributed by atoms with Gasteiger partial charge < -0.3 is 10.1 Å². The van der Waals surface area contributed by atoms with Gasteiger partial charge in [-0.1, -0.05) is 18.2 Å². The topological polar surface area (TPSA) is 64.1 Å². The summed E-state index contributed by atoms with van der Waals surface area (Å²) in [4.78, 5) is 20.1. The van der Waals surface area contributed by atoms with Gasteiger partial charge in [0.15, 0.2) is 0 Å². The van der Waals surface area contributed by atoms with Crippen molar-refractivity contribution in [2.75, 3.05) is 6.61 Å². The smallest absolute Gasteiger partial charge is 0.227 e. The van der Waals surface area contributed by atoms with Crippen molar-refractivity contribution in [3.63, 3.8) is 0 Å². The van der Waals surface area contributed by atoms with Gasteiger partial charge in [0.25, 0.3) is 0 Å². The van der Waals surface area contributed by atoms with Crippen LogP contribution in [0.1, 0.15) is 11.3 Å². The molecule has 1 aliphatic heterocycles. The number of amides is 1. The summed E-state index contributed by atoms with van der Waals surface area (Å²) in [6.07, 6.45) is 3.85. The molecule has 0 unspecified atom stereocenters. The van der Waals surface area contributed by atoms with Gasteiger partial charge in [0.1, 0.15) is 18.7 Å². The standard InChI is InChI=1S/C15H15N3O2/c19-15(17-8-13-5-6-16-10-18-13)12-7-11-3-1-2-4-14(11)20-9-12/h1-6,10,12H,7-9H2,(H,17,19)/t12-/m1/s1. The van der Waals surface area contributed by atoms with E-state index in [1.54, 1.807) is 12.3 Å². The van der Waals surface area contributed by atoms with Crippen LogP contribution in [-0.4, -0.2) is 22.5 Å². The number of carbonyl (C=O) groups excluding carboxylic acids is 1. The Bertz CT molecular complexity index is 601. The number of fused-ring (bicyclic) bond motifs is 1. The molecule has 1 amide bonds. The molecule has 1 aliphatic rings. The molecule has 1 aromatic carbocycles. The number of benzene rings is 1. The van der Waals surface area contributed by atoms with Crippen molar-refractivity contribution < 1.29 is 9.53 Å². The number of nitrogens with zero attached hydrogens (tertiary/aromatic N) is 2. The third-order valence-electron chi connectivity index (χ3n) is 3.34. The highest BCUT2D eigenvalue weighted by Gasteiger charge is 2.25.